The molecule has 0 bridgehead atoms. The fourth-order valence-corrected chi connectivity index (χ4v) is 7.59. The van der Waals surface area contributed by atoms with Gasteiger partial charge in [-0.25, -0.2) is 15.0 Å². The molecule has 3 nitrogen and oxygen atoms in total. The Hall–Kier alpha value is -5.97. The highest BCUT2D eigenvalue weighted by Gasteiger charge is 2.17. The molecule has 6 aromatic carbocycles. The first-order valence-corrected chi connectivity index (χ1v) is 16.5. The number of nitrogens with zero attached hydrogens (tertiary/aromatic N) is 3. The number of pyridine rings is 1. The lowest BCUT2D eigenvalue weighted by Gasteiger charge is -2.11. The normalized spacial score (nSPS) is 11.4. The van der Waals surface area contributed by atoms with Gasteiger partial charge in [-0.05, 0) is 29.3 Å². The van der Waals surface area contributed by atoms with Gasteiger partial charge >= 0.3 is 0 Å². The number of benzene rings is 6. The Kier molecular flexibility index (Phi) is 6.65. The van der Waals surface area contributed by atoms with Crippen LogP contribution in [0.25, 0.3) is 87.4 Å². The first kappa shape index (κ1) is 27.3. The second kappa shape index (κ2) is 11.4. The van der Waals surface area contributed by atoms with E-state index in [2.05, 4.69) is 127 Å². The van der Waals surface area contributed by atoms with Crippen LogP contribution in [0.4, 0.5) is 0 Å². The monoisotopic (exact) mass is 617 g/mol. The summed E-state index contributed by atoms with van der Waals surface area (Å²) in [5.74, 6) is 0.705. The van der Waals surface area contributed by atoms with E-state index >= 15 is 0 Å². The lowest BCUT2D eigenvalue weighted by atomic mass is 9.99. The van der Waals surface area contributed by atoms with E-state index in [9.17, 15) is 0 Å². The molecule has 0 N–H and O–H groups in total. The van der Waals surface area contributed by atoms with Crippen LogP contribution in [-0.4, -0.2) is 15.0 Å². The third kappa shape index (κ3) is 4.96. The second-order valence-corrected chi connectivity index (χ2v) is 12.7. The molecule has 220 valence electrons. The molecule has 3 heterocycles. The average Bonchev–Trinajstić information content (AvgIpc) is 3.55. The minimum Gasteiger partial charge on any atom is -0.247 e. The smallest absolute Gasteiger partial charge is 0.160 e. The molecule has 9 aromatic rings. The van der Waals surface area contributed by atoms with E-state index in [0.717, 1.165) is 56.0 Å². The van der Waals surface area contributed by atoms with E-state index in [4.69, 9.17) is 15.0 Å². The van der Waals surface area contributed by atoms with Crippen LogP contribution in [0, 0.1) is 0 Å². The highest BCUT2D eigenvalue weighted by Crippen LogP contribution is 2.43. The van der Waals surface area contributed by atoms with Crippen molar-refractivity contribution in [3.05, 3.63) is 164 Å². The topological polar surface area (TPSA) is 38.7 Å². The van der Waals surface area contributed by atoms with Gasteiger partial charge in [-0.15, -0.1) is 11.3 Å². The molecule has 0 saturated carbocycles. The number of hydrogen-bond donors (Lipinski definition) is 0. The largest absolute Gasteiger partial charge is 0.247 e. The van der Waals surface area contributed by atoms with Crippen molar-refractivity contribution in [2.45, 2.75) is 0 Å². The Balaban J connectivity index is 1.15. The summed E-state index contributed by atoms with van der Waals surface area (Å²) in [5.41, 5.74) is 10.3. The SMILES string of the molecule is c1ccc(-c2cc(-c3ccccc3)nc(-c3ccc(-c4ccc5c(c4)nc(-c4ccccc4)c4c6ccccc6sc54)cc3)n2)cc1. The molecule has 0 spiro atoms. The van der Waals surface area contributed by atoms with Crippen molar-refractivity contribution in [1.29, 1.82) is 0 Å². The van der Waals surface area contributed by atoms with Gasteiger partial charge in [-0.1, -0.05) is 146 Å². The lowest BCUT2D eigenvalue weighted by molar-refractivity contribution is 1.18. The Bertz CT molecular complexity index is 2480. The maximum Gasteiger partial charge on any atom is 0.160 e. The van der Waals surface area contributed by atoms with Crippen molar-refractivity contribution in [3.63, 3.8) is 0 Å². The molecule has 0 unspecified atom stereocenters. The maximum atomic E-state index is 5.31. The summed E-state index contributed by atoms with van der Waals surface area (Å²) < 4.78 is 2.56. The lowest BCUT2D eigenvalue weighted by Crippen LogP contribution is -1.96. The van der Waals surface area contributed by atoms with Gasteiger partial charge in [0, 0.05) is 47.8 Å². The third-order valence-corrected chi connectivity index (χ3v) is 9.90. The molecule has 0 fully saturated rings. The Morgan fingerprint density at radius 1 is 0.383 bits per heavy atom. The first-order chi connectivity index (χ1) is 23.3. The summed E-state index contributed by atoms with van der Waals surface area (Å²) in [5, 5.41) is 3.67. The zero-order chi connectivity index (χ0) is 31.2. The van der Waals surface area contributed by atoms with E-state index in [1.807, 2.05) is 47.7 Å². The predicted molar refractivity (Wildman–Crippen MR) is 197 cm³/mol. The molecule has 9 rings (SSSR count). The quantitative estimate of drug-likeness (QED) is 0.193. The summed E-state index contributed by atoms with van der Waals surface area (Å²) in [6, 6.07) is 57.1. The van der Waals surface area contributed by atoms with Crippen LogP contribution in [0.15, 0.2) is 164 Å². The number of rotatable bonds is 5. The minimum absolute atomic E-state index is 0.705. The molecule has 0 aliphatic heterocycles. The molecular weight excluding hydrogens is 591 g/mol. The molecule has 0 atom stereocenters. The summed E-state index contributed by atoms with van der Waals surface area (Å²) in [4.78, 5) is 15.3. The zero-order valence-corrected chi connectivity index (χ0v) is 26.2. The highest BCUT2D eigenvalue weighted by molar-refractivity contribution is 7.26. The van der Waals surface area contributed by atoms with Crippen LogP contribution in [0.3, 0.4) is 0 Å². The van der Waals surface area contributed by atoms with Crippen molar-refractivity contribution in [2.24, 2.45) is 0 Å². The van der Waals surface area contributed by atoms with Crippen LogP contribution in [0.1, 0.15) is 0 Å². The fraction of sp³-hybridized carbons (Fsp3) is 0. The molecule has 3 aromatic heterocycles. The average molecular weight is 618 g/mol. The fourth-order valence-electron chi connectivity index (χ4n) is 6.35. The van der Waals surface area contributed by atoms with Gasteiger partial charge in [0.05, 0.1) is 22.6 Å². The van der Waals surface area contributed by atoms with Crippen molar-refractivity contribution in [3.8, 4) is 56.3 Å². The van der Waals surface area contributed by atoms with E-state index < -0.39 is 0 Å². The van der Waals surface area contributed by atoms with E-state index in [-0.39, 0.29) is 0 Å². The number of aromatic nitrogens is 3. The van der Waals surface area contributed by atoms with Crippen LogP contribution in [0.5, 0.6) is 0 Å². The maximum absolute atomic E-state index is 5.31. The second-order valence-electron chi connectivity index (χ2n) is 11.6. The molecular formula is C43H27N3S. The Morgan fingerprint density at radius 2 is 0.936 bits per heavy atom. The van der Waals surface area contributed by atoms with Gasteiger partial charge in [0.15, 0.2) is 5.82 Å². The zero-order valence-electron chi connectivity index (χ0n) is 25.3. The number of thiophene rings is 1. The molecule has 0 aliphatic rings. The molecule has 0 aliphatic carbocycles. The van der Waals surface area contributed by atoms with Gasteiger partial charge < -0.3 is 0 Å². The summed E-state index contributed by atoms with van der Waals surface area (Å²) in [6.07, 6.45) is 0. The van der Waals surface area contributed by atoms with Crippen LogP contribution < -0.4 is 0 Å². The molecule has 47 heavy (non-hydrogen) atoms. The van der Waals surface area contributed by atoms with Gasteiger partial charge in [-0.2, -0.15) is 0 Å². The van der Waals surface area contributed by atoms with Crippen molar-refractivity contribution < 1.29 is 0 Å². The van der Waals surface area contributed by atoms with Gasteiger partial charge in [0.2, 0.25) is 0 Å². The van der Waals surface area contributed by atoms with E-state index in [1.165, 1.54) is 25.6 Å². The number of fused-ring (bicyclic) bond motifs is 5. The van der Waals surface area contributed by atoms with Crippen LogP contribution in [0.2, 0.25) is 0 Å². The highest BCUT2D eigenvalue weighted by atomic mass is 32.1. The molecule has 4 heteroatoms. The van der Waals surface area contributed by atoms with Crippen molar-refractivity contribution >= 4 is 42.4 Å². The summed E-state index contributed by atoms with van der Waals surface area (Å²) in [6.45, 7) is 0. The standard InChI is InChI=1S/C43H27N3S/c1-4-12-29(13-5-1)36-27-37(30-14-6-2-7-15-30)46-43(45-36)32-22-20-28(21-23-32)33-24-25-34-38(26-33)44-41(31-16-8-3-9-17-31)40-35-18-10-11-19-39(35)47-42(34)40/h1-27H. The van der Waals surface area contributed by atoms with Crippen LogP contribution >= 0.6 is 11.3 Å². The number of hydrogen-bond acceptors (Lipinski definition) is 4. The molecule has 0 amide bonds. The van der Waals surface area contributed by atoms with Gasteiger partial charge in [-0.3, -0.25) is 0 Å². The van der Waals surface area contributed by atoms with Crippen molar-refractivity contribution in [2.75, 3.05) is 0 Å². The van der Waals surface area contributed by atoms with Gasteiger partial charge in [0.1, 0.15) is 0 Å². The van der Waals surface area contributed by atoms with E-state index in [0.29, 0.717) is 5.82 Å². The Morgan fingerprint density at radius 3 is 1.60 bits per heavy atom. The molecule has 0 radical (unpaired) electrons. The summed E-state index contributed by atoms with van der Waals surface area (Å²) in [7, 11) is 0. The molecule has 0 saturated heterocycles. The van der Waals surface area contributed by atoms with E-state index in [1.54, 1.807) is 0 Å². The summed E-state index contributed by atoms with van der Waals surface area (Å²) >= 11 is 1.85. The predicted octanol–water partition coefficient (Wildman–Crippen LogP) is 11.7. The third-order valence-electron chi connectivity index (χ3n) is 8.70. The van der Waals surface area contributed by atoms with Gasteiger partial charge in [0.25, 0.3) is 0 Å². The van der Waals surface area contributed by atoms with Crippen molar-refractivity contribution in [1.82, 2.24) is 15.0 Å². The van der Waals surface area contributed by atoms with Crippen LogP contribution in [-0.2, 0) is 0 Å². The Labute approximate surface area is 276 Å². The minimum atomic E-state index is 0.705. The first-order valence-electron chi connectivity index (χ1n) is 15.7.